The van der Waals surface area contributed by atoms with Gasteiger partial charge < -0.3 is 10.5 Å². The average molecular weight is 414 g/mol. The maximum Gasteiger partial charge on any atom is 0.238 e. The monoisotopic (exact) mass is 411 g/mol. The first-order valence-corrected chi connectivity index (χ1v) is 6.91. The molecular weight excluding hydrogens is 409 g/mol. The van der Waals surface area contributed by atoms with Gasteiger partial charge in [0.25, 0.3) is 0 Å². The largest absolute Gasteiger partial charge is 0.436 e. The van der Waals surface area contributed by atoms with E-state index in [9.17, 15) is 0 Å². The number of anilines is 1. The lowest BCUT2D eigenvalue weighted by atomic mass is 10.3. The standard InChI is InChI=1S/C10H5Br2Cl2N3O/c11-4-1-6(14)7(2-5(4)13)18-10-8(12)9(15)16-3-17-10/h1-3H,(H2,15,16,17). The summed E-state index contributed by atoms with van der Waals surface area (Å²) in [6, 6.07) is 3.22. The molecule has 0 atom stereocenters. The summed E-state index contributed by atoms with van der Waals surface area (Å²) >= 11 is 18.5. The number of aromatic nitrogens is 2. The highest BCUT2D eigenvalue weighted by molar-refractivity contribution is 9.11. The molecule has 1 heterocycles. The van der Waals surface area contributed by atoms with Gasteiger partial charge in [-0.1, -0.05) is 23.2 Å². The first kappa shape index (κ1) is 13.9. The molecule has 0 aliphatic heterocycles. The molecule has 0 aliphatic rings. The Morgan fingerprint density at radius 2 is 1.83 bits per heavy atom. The second-order valence-electron chi connectivity index (χ2n) is 3.18. The van der Waals surface area contributed by atoms with Crippen molar-refractivity contribution in [2.45, 2.75) is 0 Å². The quantitative estimate of drug-likeness (QED) is 0.726. The lowest BCUT2D eigenvalue weighted by Crippen LogP contribution is -1.97. The van der Waals surface area contributed by atoms with Crippen LogP contribution in [0.1, 0.15) is 0 Å². The number of hydrogen-bond donors (Lipinski definition) is 1. The van der Waals surface area contributed by atoms with Crippen LogP contribution in [0.2, 0.25) is 10.0 Å². The molecule has 0 bridgehead atoms. The van der Waals surface area contributed by atoms with E-state index >= 15 is 0 Å². The Kier molecular flexibility index (Phi) is 4.32. The molecule has 8 heteroatoms. The van der Waals surface area contributed by atoms with Gasteiger partial charge in [0.15, 0.2) is 0 Å². The van der Waals surface area contributed by atoms with Gasteiger partial charge in [0.2, 0.25) is 5.88 Å². The van der Waals surface area contributed by atoms with Crippen molar-refractivity contribution in [1.82, 2.24) is 9.97 Å². The smallest absolute Gasteiger partial charge is 0.238 e. The Morgan fingerprint density at radius 3 is 2.56 bits per heavy atom. The van der Waals surface area contributed by atoms with Gasteiger partial charge in [0.05, 0.1) is 10.0 Å². The predicted octanol–water partition coefficient (Wildman–Crippen LogP) is 4.68. The maximum atomic E-state index is 6.04. The van der Waals surface area contributed by atoms with Crippen molar-refractivity contribution in [3.05, 3.63) is 37.5 Å². The Bertz CT molecular complexity index is 610. The minimum absolute atomic E-state index is 0.266. The van der Waals surface area contributed by atoms with Crippen molar-refractivity contribution in [2.75, 3.05) is 5.73 Å². The Balaban J connectivity index is 2.40. The third-order valence-electron chi connectivity index (χ3n) is 1.97. The Hall–Kier alpha value is -0.560. The normalized spacial score (nSPS) is 10.4. The summed E-state index contributed by atoms with van der Waals surface area (Å²) in [5.41, 5.74) is 5.62. The fourth-order valence-corrected chi connectivity index (χ4v) is 2.24. The summed E-state index contributed by atoms with van der Waals surface area (Å²) in [7, 11) is 0. The van der Waals surface area contributed by atoms with Crippen molar-refractivity contribution in [2.24, 2.45) is 0 Å². The van der Waals surface area contributed by atoms with Crippen molar-refractivity contribution in [3.8, 4) is 11.6 Å². The number of ether oxygens (including phenoxy) is 1. The molecule has 2 aromatic rings. The van der Waals surface area contributed by atoms with Gasteiger partial charge in [-0.15, -0.1) is 0 Å². The number of nitrogens with zero attached hydrogens (tertiary/aromatic N) is 2. The molecule has 0 fully saturated rings. The molecule has 2 rings (SSSR count). The molecule has 0 unspecified atom stereocenters. The van der Waals surface area contributed by atoms with Crippen LogP contribution in [-0.2, 0) is 0 Å². The average Bonchev–Trinajstić information content (AvgIpc) is 2.32. The zero-order valence-electron chi connectivity index (χ0n) is 8.62. The molecule has 18 heavy (non-hydrogen) atoms. The molecule has 0 aliphatic carbocycles. The molecule has 1 aromatic carbocycles. The van der Waals surface area contributed by atoms with Crippen LogP contribution in [0.3, 0.4) is 0 Å². The van der Waals surface area contributed by atoms with Gasteiger partial charge in [-0.25, -0.2) is 9.97 Å². The van der Waals surface area contributed by atoms with Gasteiger partial charge in [-0.05, 0) is 37.9 Å². The number of rotatable bonds is 2. The number of nitrogens with two attached hydrogens (primary N) is 1. The molecule has 1 aromatic heterocycles. The SMILES string of the molecule is Nc1ncnc(Oc2cc(Cl)c(Br)cc2Cl)c1Br. The van der Waals surface area contributed by atoms with E-state index in [-0.39, 0.29) is 11.7 Å². The maximum absolute atomic E-state index is 6.04. The van der Waals surface area contributed by atoms with E-state index in [4.69, 9.17) is 33.7 Å². The summed E-state index contributed by atoms with van der Waals surface area (Å²) in [5, 5.41) is 0.878. The number of halogens is 4. The van der Waals surface area contributed by atoms with Crippen LogP contribution in [0, 0.1) is 0 Å². The first-order chi connectivity index (χ1) is 8.49. The van der Waals surface area contributed by atoms with Gasteiger partial charge in [-0.2, -0.15) is 0 Å². The lowest BCUT2D eigenvalue weighted by Gasteiger charge is -2.09. The molecule has 0 radical (unpaired) electrons. The van der Waals surface area contributed by atoms with Gasteiger partial charge in [0.1, 0.15) is 22.4 Å². The van der Waals surface area contributed by atoms with Crippen LogP contribution in [-0.4, -0.2) is 9.97 Å². The molecule has 4 nitrogen and oxygen atoms in total. The number of hydrogen-bond acceptors (Lipinski definition) is 4. The van der Waals surface area contributed by atoms with Gasteiger partial charge in [-0.3, -0.25) is 0 Å². The lowest BCUT2D eigenvalue weighted by molar-refractivity contribution is 0.459. The molecule has 0 amide bonds. The predicted molar refractivity (Wildman–Crippen MR) is 78.4 cm³/mol. The van der Waals surface area contributed by atoms with Crippen LogP contribution in [0.15, 0.2) is 27.4 Å². The third kappa shape index (κ3) is 2.88. The van der Waals surface area contributed by atoms with Crippen LogP contribution < -0.4 is 10.5 Å². The summed E-state index contributed by atoms with van der Waals surface area (Å²) in [5.74, 6) is 0.922. The number of nitrogen functional groups attached to an aromatic ring is 1. The van der Waals surface area contributed by atoms with E-state index in [0.717, 1.165) is 0 Å². The Morgan fingerprint density at radius 1 is 1.11 bits per heavy atom. The van der Waals surface area contributed by atoms with Gasteiger partial charge in [0, 0.05) is 10.5 Å². The number of benzene rings is 1. The fourth-order valence-electron chi connectivity index (χ4n) is 1.12. The summed E-state index contributed by atoms with van der Waals surface area (Å²) in [4.78, 5) is 7.76. The summed E-state index contributed by atoms with van der Waals surface area (Å²) in [6.07, 6.45) is 1.30. The second kappa shape index (κ2) is 5.61. The van der Waals surface area contributed by atoms with E-state index in [1.165, 1.54) is 6.33 Å². The van der Waals surface area contributed by atoms with Crippen molar-refractivity contribution < 1.29 is 4.74 Å². The van der Waals surface area contributed by atoms with E-state index in [2.05, 4.69) is 41.8 Å². The van der Waals surface area contributed by atoms with Crippen molar-refractivity contribution in [1.29, 1.82) is 0 Å². The third-order valence-corrected chi connectivity index (χ3v) is 4.20. The van der Waals surface area contributed by atoms with Crippen LogP contribution in [0.5, 0.6) is 11.6 Å². The highest BCUT2D eigenvalue weighted by atomic mass is 79.9. The Labute approximate surface area is 130 Å². The van der Waals surface area contributed by atoms with Crippen LogP contribution in [0.25, 0.3) is 0 Å². The highest BCUT2D eigenvalue weighted by Gasteiger charge is 2.12. The van der Waals surface area contributed by atoms with E-state index in [1.807, 2.05) is 0 Å². The van der Waals surface area contributed by atoms with Crippen LogP contribution in [0.4, 0.5) is 5.82 Å². The van der Waals surface area contributed by atoms with E-state index in [1.54, 1.807) is 12.1 Å². The van der Waals surface area contributed by atoms with Crippen LogP contribution >= 0.6 is 55.1 Å². The first-order valence-electron chi connectivity index (χ1n) is 4.57. The minimum Gasteiger partial charge on any atom is -0.436 e. The molecule has 0 saturated heterocycles. The van der Waals surface area contributed by atoms with Crippen molar-refractivity contribution in [3.63, 3.8) is 0 Å². The van der Waals surface area contributed by atoms with E-state index in [0.29, 0.717) is 24.7 Å². The second-order valence-corrected chi connectivity index (χ2v) is 5.64. The topological polar surface area (TPSA) is 61.0 Å². The van der Waals surface area contributed by atoms with Crippen molar-refractivity contribution >= 4 is 60.9 Å². The zero-order valence-corrected chi connectivity index (χ0v) is 13.3. The molecule has 94 valence electrons. The highest BCUT2D eigenvalue weighted by Crippen LogP contribution is 2.38. The summed E-state index contributed by atoms with van der Waals surface area (Å²) in [6.45, 7) is 0. The molecule has 2 N–H and O–H groups in total. The fraction of sp³-hybridized carbons (Fsp3) is 0. The van der Waals surface area contributed by atoms with E-state index < -0.39 is 0 Å². The minimum atomic E-state index is 0.266. The summed E-state index contributed by atoms with van der Waals surface area (Å²) < 4.78 is 6.68. The zero-order chi connectivity index (χ0) is 13.3. The molecule has 0 spiro atoms. The molecule has 0 saturated carbocycles. The molecular formula is C10H5Br2Cl2N3O. The van der Waals surface area contributed by atoms with Gasteiger partial charge >= 0.3 is 0 Å².